The Bertz CT molecular complexity index is 509. The monoisotopic (exact) mass is 318 g/mol. The van der Waals surface area contributed by atoms with Crippen LogP contribution in [0.2, 0.25) is 5.02 Å². The van der Waals surface area contributed by atoms with Crippen molar-refractivity contribution in [1.82, 2.24) is 0 Å². The van der Waals surface area contributed by atoms with Gasteiger partial charge in [-0.05, 0) is 23.9 Å². The molecular weight excluding hydrogens is 311 g/mol. The Morgan fingerprint density at radius 3 is 2.75 bits per heavy atom. The van der Waals surface area contributed by atoms with Gasteiger partial charge in [-0.15, -0.1) is 11.3 Å². The van der Waals surface area contributed by atoms with Crippen LogP contribution in [0.15, 0.2) is 29.6 Å². The van der Waals surface area contributed by atoms with E-state index in [1.54, 1.807) is 19.1 Å². The number of thiophene rings is 1. The lowest BCUT2D eigenvalue weighted by atomic mass is 10.1. The van der Waals surface area contributed by atoms with Crippen LogP contribution >= 0.6 is 38.9 Å². The van der Waals surface area contributed by atoms with Gasteiger partial charge in [0, 0.05) is 10.4 Å². The zero-order valence-electron chi connectivity index (χ0n) is 8.51. The van der Waals surface area contributed by atoms with E-state index in [0.29, 0.717) is 16.1 Å². The van der Waals surface area contributed by atoms with Gasteiger partial charge in [0.05, 0.1) is 9.85 Å². The van der Waals surface area contributed by atoms with Crippen LogP contribution in [0.3, 0.4) is 0 Å². The summed E-state index contributed by atoms with van der Waals surface area (Å²) in [6, 6.07) is 7.21. The highest BCUT2D eigenvalue weighted by Crippen LogP contribution is 2.39. The third-order valence-corrected chi connectivity index (χ3v) is 5.05. The first kappa shape index (κ1) is 12.1. The van der Waals surface area contributed by atoms with Gasteiger partial charge in [0.15, 0.2) is 0 Å². The lowest BCUT2D eigenvalue weighted by molar-refractivity contribution is 0.605. The predicted molar refractivity (Wildman–Crippen MR) is 71.2 cm³/mol. The smallest absolute Gasteiger partial charge is 0.130 e. The molecule has 0 fully saturated rings. The molecule has 0 nitrogen and oxygen atoms in total. The third kappa shape index (κ3) is 2.17. The van der Waals surface area contributed by atoms with Crippen LogP contribution in [-0.4, -0.2) is 0 Å². The van der Waals surface area contributed by atoms with Gasteiger partial charge in [-0.2, -0.15) is 0 Å². The van der Waals surface area contributed by atoms with E-state index in [4.69, 9.17) is 11.6 Å². The first-order valence-corrected chi connectivity index (χ1v) is 6.90. The van der Waals surface area contributed by atoms with Crippen LogP contribution in [0, 0.1) is 12.7 Å². The van der Waals surface area contributed by atoms with Crippen molar-refractivity contribution in [3.05, 3.63) is 56.5 Å². The molecule has 84 valence electrons. The van der Waals surface area contributed by atoms with Crippen LogP contribution < -0.4 is 0 Å². The SMILES string of the molecule is Cc1cccc(C(Br)c2sccc2Cl)c1F. The summed E-state index contributed by atoms with van der Waals surface area (Å²) in [5.41, 5.74) is 1.28. The Kier molecular flexibility index (Phi) is 3.67. The van der Waals surface area contributed by atoms with E-state index in [1.807, 2.05) is 17.5 Å². The molecule has 2 rings (SSSR count). The fraction of sp³-hybridized carbons (Fsp3) is 0.167. The predicted octanol–water partition coefficient (Wildman–Crippen LogP) is 5.33. The molecule has 16 heavy (non-hydrogen) atoms. The van der Waals surface area contributed by atoms with Gasteiger partial charge in [-0.3, -0.25) is 0 Å². The number of hydrogen-bond donors (Lipinski definition) is 0. The first-order chi connectivity index (χ1) is 7.61. The quantitative estimate of drug-likeness (QED) is 0.656. The van der Waals surface area contributed by atoms with Crippen LogP contribution in [0.4, 0.5) is 4.39 Å². The molecule has 1 atom stereocenters. The second-order valence-corrected chi connectivity index (χ2v) is 5.74. The molecule has 0 aliphatic carbocycles. The molecular formula is C12H9BrClFS. The first-order valence-electron chi connectivity index (χ1n) is 4.73. The molecule has 0 aliphatic heterocycles. The van der Waals surface area contributed by atoms with E-state index < -0.39 is 0 Å². The Hall–Kier alpha value is -0.380. The van der Waals surface area contributed by atoms with Gasteiger partial charge in [0.2, 0.25) is 0 Å². The van der Waals surface area contributed by atoms with Gasteiger partial charge < -0.3 is 0 Å². The lowest BCUT2D eigenvalue weighted by Crippen LogP contribution is -1.96. The molecule has 0 amide bonds. The molecule has 0 spiro atoms. The Morgan fingerprint density at radius 1 is 1.38 bits per heavy atom. The van der Waals surface area contributed by atoms with E-state index in [9.17, 15) is 4.39 Å². The normalized spacial score (nSPS) is 12.8. The third-order valence-electron chi connectivity index (χ3n) is 2.37. The summed E-state index contributed by atoms with van der Waals surface area (Å²) in [6.07, 6.45) is 0. The van der Waals surface area contributed by atoms with Crippen LogP contribution in [0.25, 0.3) is 0 Å². The average molecular weight is 320 g/mol. The maximum atomic E-state index is 13.9. The fourth-order valence-electron chi connectivity index (χ4n) is 1.49. The number of aryl methyl sites for hydroxylation is 1. The molecule has 0 radical (unpaired) electrons. The summed E-state index contributed by atoms with van der Waals surface area (Å²) in [4.78, 5) is 0.756. The van der Waals surface area contributed by atoms with Gasteiger partial charge in [-0.1, -0.05) is 45.7 Å². The summed E-state index contributed by atoms with van der Waals surface area (Å²) < 4.78 is 13.9. The number of benzene rings is 1. The van der Waals surface area contributed by atoms with Crippen LogP contribution in [-0.2, 0) is 0 Å². The molecule has 2 aromatic rings. The minimum atomic E-state index is -0.181. The van der Waals surface area contributed by atoms with Crippen molar-refractivity contribution in [2.45, 2.75) is 11.8 Å². The molecule has 1 heterocycles. The van der Waals surface area contributed by atoms with Crippen LogP contribution in [0.1, 0.15) is 20.8 Å². The minimum Gasteiger partial charge on any atom is -0.206 e. The molecule has 0 aliphatic rings. The summed E-state index contributed by atoms with van der Waals surface area (Å²) in [5, 5.41) is 2.58. The highest BCUT2D eigenvalue weighted by atomic mass is 79.9. The molecule has 0 saturated heterocycles. The van der Waals surface area contributed by atoms with Crippen molar-refractivity contribution < 1.29 is 4.39 Å². The summed E-state index contributed by atoms with van der Waals surface area (Å²) in [6.45, 7) is 1.76. The van der Waals surface area contributed by atoms with E-state index in [2.05, 4.69) is 15.9 Å². The maximum absolute atomic E-state index is 13.9. The highest BCUT2D eigenvalue weighted by Gasteiger charge is 2.19. The molecule has 0 N–H and O–H groups in total. The molecule has 4 heteroatoms. The zero-order chi connectivity index (χ0) is 11.7. The lowest BCUT2D eigenvalue weighted by Gasteiger charge is -2.11. The molecule has 0 saturated carbocycles. The summed E-state index contributed by atoms with van der Waals surface area (Å²) in [7, 11) is 0. The summed E-state index contributed by atoms with van der Waals surface area (Å²) in [5.74, 6) is -0.172. The van der Waals surface area contributed by atoms with Crippen LogP contribution in [0.5, 0.6) is 0 Å². The highest BCUT2D eigenvalue weighted by molar-refractivity contribution is 9.09. The van der Waals surface area contributed by atoms with Gasteiger partial charge >= 0.3 is 0 Å². The van der Waals surface area contributed by atoms with E-state index in [-0.39, 0.29) is 10.6 Å². The second-order valence-electron chi connectivity index (χ2n) is 3.47. The van der Waals surface area contributed by atoms with E-state index >= 15 is 0 Å². The standard InChI is InChI=1S/C12H9BrClFS/c1-7-3-2-4-8(11(7)15)10(13)12-9(14)5-6-16-12/h2-6,10H,1H3. The number of alkyl halides is 1. The Balaban J connectivity index is 2.46. The zero-order valence-corrected chi connectivity index (χ0v) is 11.7. The van der Waals surface area contributed by atoms with E-state index in [1.165, 1.54) is 11.3 Å². The van der Waals surface area contributed by atoms with Crippen molar-refractivity contribution in [2.24, 2.45) is 0 Å². The fourth-order valence-corrected chi connectivity index (χ4v) is 3.71. The number of halogens is 3. The summed E-state index contributed by atoms with van der Waals surface area (Å²) >= 11 is 11.1. The Labute approximate surface area is 111 Å². The molecule has 1 aromatic carbocycles. The molecule has 1 unspecified atom stereocenters. The van der Waals surface area contributed by atoms with Gasteiger partial charge in [0.25, 0.3) is 0 Å². The second kappa shape index (κ2) is 4.86. The van der Waals surface area contributed by atoms with Crippen molar-refractivity contribution in [2.75, 3.05) is 0 Å². The topological polar surface area (TPSA) is 0 Å². The van der Waals surface area contributed by atoms with Gasteiger partial charge in [-0.25, -0.2) is 4.39 Å². The maximum Gasteiger partial charge on any atom is 0.130 e. The van der Waals surface area contributed by atoms with Crippen molar-refractivity contribution in [1.29, 1.82) is 0 Å². The largest absolute Gasteiger partial charge is 0.206 e. The van der Waals surface area contributed by atoms with Crippen molar-refractivity contribution >= 4 is 38.9 Å². The van der Waals surface area contributed by atoms with E-state index in [0.717, 1.165) is 4.88 Å². The number of rotatable bonds is 2. The molecule has 1 aromatic heterocycles. The number of hydrogen-bond acceptors (Lipinski definition) is 1. The van der Waals surface area contributed by atoms with Crippen molar-refractivity contribution in [3.63, 3.8) is 0 Å². The average Bonchev–Trinajstić information content (AvgIpc) is 2.68. The van der Waals surface area contributed by atoms with Crippen molar-refractivity contribution in [3.8, 4) is 0 Å². The minimum absolute atomic E-state index is 0.172. The Morgan fingerprint density at radius 2 is 2.12 bits per heavy atom. The molecule has 0 bridgehead atoms. The van der Waals surface area contributed by atoms with Gasteiger partial charge in [0.1, 0.15) is 5.82 Å².